The second-order valence-corrected chi connectivity index (χ2v) is 6.89. The second kappa shape index (κ2) is 10.0. The molecule has 0 saturated carbocycles. The lowest BCUT2D eigenvalue weighted by Gasteiger charge is -2.31. The zero-order valence-electron chi connectivity index (χ0n) is 17.4. The molecule has 2 aromatic rings. The average molecular weight is 399 g/mol. The summed E-state index contributed by atoms with van der Waals surface area (Å²) in [6.07, 6.45) is 1.63. The van der Waals surface area contributed by atoms with Crippen LogP contribution in [-0.2, 0) is 6.54 Å². The summed E-state index contributed by atoms with van der Waals surface area (Å²) in [5, 5.41) is 2.97. The molecule has 3 rings (SSSR count). The third kappa shape index (κ3) is 5.31. The molecule has 1 aliphatic heterocycles. The molecule has 0 fully saturated rings. The Morgan fingerprint density at radius 2 is 1.86 bits per heavy atom. The number of benzene rings is 1. The van der Waals surface area contributed by atoms with Gasteiger partial charge in [-0.15, -0.1) is 0 Å². The summed E-state index contributed by atoms with van der Waals surface area (Å²) < 4.78 is 11.7. The number of carbonyl (C=O) groups excluding carboxylic acids is 1. The molecule has 29 heavy (non-hydrogen) atoms. The molecule has 1 aliphatic rings. The minimum atomic E-state index is -0.189. The Morgan fingerprint density at radius 3 is 2.52 bits per heavy atom. The number of fused-ring (bicyclic) bond motifs is 1. The summed E-state index contributed by atoms with van der Waals surface area (Å²) >= 11 is 0. The van der Waals surface area contributed by atoms with Crippen molar-refractivity contribution in [3.63, 3.8) is 0 Å². The third-order valence-electron chi connectivity index (χ3n) is 5.00. The molecule has 1 N–H and O–H groups in total. The number of nitrogens with one attached hydrogen (secondary N) is 1. The molecule has 2 heterocycles. The first-order chi connectivity index (χ1) is 14.1. The molecular weight excluding hydrogens is 368 g/mol. The predicted molar refractivity (Wildman–Crippen MR) is 114 cm³/mol. The third-order valence-corrected chi connectivity index (χ3v) is 5.00. The van der Waals surface area contributed by atoms with Crippen LogP contribution in [0.1, 0.15) is 26.3 Å². The minimum Gasteiger partial charge on any atom is -0.486 e. The number of nitrogens with zero attached hydrogens (tertiary/aromatic N) is 3. The monoisotopic (exact) mass is 398 g/mol. The van der Waals surface area contributed by atoms with E-state index in [2.05, 4.69) is 29.0 Å². The van der Waals surface area contributed by atoms with Crippen LogP contribution in [0, 0.1) is 0 Å². The van der Waals surface area contributed by atoms with Crippen LogP contribution >= 0.6 is 0 Å². The van der Waals surface area contributed by atoms with Crippen molar-refractivity contribution in [3.05, 3.63) is 48.2 Å². The molecule has 2 amide bonds. The normalized spacial score (nSPS) is 14.9. The average Bonchev–Trinajstić information content (AvgIpc) is 2.77. The molecule has 0 unspecified atom stereocenters. The first kappa shape index (κ1) is 20.8. The van der Waals surface area contributed by atoms with Crippen LogP contribution < -0.4 is 19.7 Å². The van der Waals surface area contributed by atoms with Crippen LogP contribution in [-0.4, -0.2) is 54.8 Å². The molecule has 1 aromatic carbocycles. The number of urea groups is 1. The fourth-order valence-corrected chi connectivity index (χ4v) is 3.30. The van der Waals surface area contributed by atoms with Crippen molar-refractivity contribution in [2.75, 3.05) is 37.7 Å². The summed E-state index contributed by atoms with van der Waals surface area (Å²) in [6.45, 7) is 9.94. The number of aromatic nitrogens is 1. The molecule has 7 nitrogen and oxygen atoms in total. The molecular formula is C22H30N4O3. The highest BCUT2D eigenvalue weighted by atomic mass is 16.6. The van der Waals surface area contributed by atoms with E-state index in [0.717, 1.165) is 36.0 Å². The van der Waals surface area contributed by atoms with Gasteiger partial charge in [-0.05, 0) is 44.5 Å². The maximum Gasteiger partial charge on any atom is 0.317 e. The topological polar surface area (TPSA) is 66.9 Å². The number of likely N-dealkylation sites (N-methyl/N-ethyl adjacent to an activating group) is 1. The summed E-state index contributed by atoms with van der Waals surface area (Å²) in [5.41, 5.74) is 0.969. The van der Waals surface area contributed by atoms with Gasteiger partial charge in [-0.3, -0.25) is 0 Å². The number of carbonyl (C=O) groups is 1. The zero-order chi connectivity index (χ0) is 20.6. The number of rotatable bonds is 8. The van der Waals surface area contributed by atoms with Gasteiger partial charge in [0.15, 0.2) is 17.6 Å². The maximum atomic E-state index is 12.6. The van der Waals surface area contributed by atoms with Gasteiger partial charge in [0, 0.05) is 32.4 Å². The number of para-hydroxylation sites is 2. The maximum absolute atomic E-state index is 12.6. The van der Waals surface area contributed by atoms with E-state index in [1.165, 1.54) is 0 Å². The summed E-state index contributed by atoms with van der Waals surface area (Å²) in [4.78, 5) is 21.0. The highest BCUT2D eigenvalue weighted by Crippen LogP contribution is 2.31. The van der Waals surface area contributed by atoms with E-state index < -0.39 is 0 Å². The Labute approximate surface area is 172 Å². The predicted octanol–water partition coefficient (Wildman–Crippen LogP) is 3.30. The number of pyridine rings is 1. The smallest absolute Gasteiger partial charge is 0.317 e. The van der Waals surface area contributed by atoms with Gasteiger partial charge >= 0.3 is 6.03 Å². The van der Waals surface area contributed by atoms with Crippen LogP contribution in [0.25, 0.3) is 0 Å². The van der Waals surface area contributed by atoms with Crippen molar-refractivity contribution in [3.8, 4) is 11.5 Å². The van der Waals surface area contributed by atoms with Gasteiger partial charge in [0.05, 0.1) is 6.54 Å². The highest BCUT2D eigenvalue weighted by molar-refractivity contribution is 5.74. The van der Waals surface area contributed by atoms with Gasteiger partial charge in [0.1, 0.15) is 12.4 Å². The number of amides is 2. The van der Waals surface area contributed by atoms with Crippen molar-refractivity contribution in [1.29, 1.82) is 0 Å². The molecule has 156 valence electrons. The highest BCUT2D eigenvalue weighted by Gasteiger charge is 2.24. The van der Waals surface area contributed by atoms with Crippen molar-refractivity contribution >= 4 is 11.8 Å². The van der Waals surface area contributed by atoms with Crippen LogP contribution in [0.3, 0.4) is 0 Å². The van der Waals surface area contributed by atoms with E-state index in [9.17, 15) is 4.79 Å². The molecule has 1 aromatic heterocycles. The number of hydrogen-bond donors (Lipinski definition) is 1. The molecule has 7 heteroatoms. The van der Waals surface area contributed by atoms with Gasteiger partial charge in [-0.25, -0.2) is 9.78 Å². The van der Waals surface area contributed by atoms with Crippen molar-refractivity contribution in [1.82, 2.24) is 15.2 Å². The first-order valence-corrected chi connectivity index (χ1v) is 10.3. The second-order valence-electron chi connectivity index (χ2n) is 6.89. The lowest BCUT2D eigenvalue weighted by molar-refractivity contribution is 0.0675. The molecule has 0 bridgehead atoms. The zero-order valence-corrected chi connectivity index (χ0v) is 17.4. The van der Waals surface area contributed by atoms with Crippen LogP contribution in [0.5, 0.6) is 11.5 Å². The Morgan fingerprint density at radius 1 is 1.10 bits per heavy atom. The Kier molecular flexibility index (Phi) is 7.16. The van der Waals surface area contributed by atoms with Gasteiger partial charge in [-0.1, -0.05) is 18.2 Å². The van der Waals surface area contributed by atoms with E-state index in [0.29, 0.717) is 26.2 Å². The van der Waals surface area contributed by atoms with E-state index in [1.807, 2.05) is 49.5 Å². The first-order valence-electron chi connectivity index (χ1n) is 10.3. The van der Waals surface area contributed by atoms with Crippen LogP contribution in [0.2, 0.25) is 0 Å². The van der Waals surface area contributed by atoms with Gasteiger partial charge in [0.25, 0.3) is 0 Å². The summed E-state index contributed by atoms with van der Waals surface area (Å²) in [5.74, 6) is 2.42. The fraction of sp³-hybridized carbons (Fsp3) is 0.455. The largest absolute Gasteiger partial charge is 0.486 e. The fourth-order valence-electron chi connectivity index (χ4n) is 3.30. The Hall–Kier alpha value is -2.96. The van der Waals surface area contributed by atoms with Gasteiger partial charge in [-0.2, -0.15) is 0 Å². The Bertz CT molecular complexity index is 793. The molecule has 0 radical (unpaired) electrons. The van der Waals surface area contributed by atoms with Crippen LogP contribution in [0.4, 0.5) is 10.6 Å². The lowest BCUT2D eigenvalue weighted by Crippen LogP contribution is -2.47. The number of ether oxygens (including phenoxy) is 2. The number of anilines is 1. The molecule has 0 aliphatic carbocycles. The molecule has 0 saturated heterocycles. The summed E-state index contributed by atoms with van der Waals surface area (Å²) in [6, 6.07) is 11.5. The SMILES string of the molecule is CCN(C[C@@H]1COc2ccccc2O1)C(=O)NCc1ccc(N(CC)CC)nc1. The van der Waals surface area contributed by atoms with E-state index >= 15 is 0 Å². The van der Waals surface area contributed by atoms with Crippen molar-refractivity contribution in [2.45, 2.75) is 33.4 Å². The number of hydrogen-bond acceptors (Lipinski definition) is 5. The van der Waals surface area contributed by atoms with Gasteiger partial charge in [0.2, 0.25) is 0 Å². The summed E-state index contributed by atoms with van der Waals surface area (Å²) in [7, 11) is 0. The van der Waals surface area contributed by atoms with Gasteiger partial charge < -0.3 is 24.6 Å². The molecule has 0 spiro atoms. The lowest BCUT2D eigenvalue weighted by atomic mass is 10.2. The van der Waals surface area contributed by atoms with Crippen molar-refractivity contribution < 1.29 is 14.3 Å². The quantitative estimate of drug-likeness (QED) is 0.739. The molecule has 1 atom stereocenters. The van der Waals surface area contributed by atoms with E-state index in [1.54, 1.807) is 4.90 Å². The van der Waals surface area contributed by atoms with E-state index in [4.69, 9.17) is 9.47 Å². The van der Waals surface area contributed by atoms with Crippen molar-refractivity contribution in [2.24, 2.45) is 0 Å². The van der Waals surface area contributed by atoms with E-state index in [-0.39, 0.29) is 12.1 Å². The standard InChI is InChI=1S/C22H30N4O3/c1-4-25(5-2)21-12-11-17(13-23-21)14-24-22(27)26(6-3)15-18-16-28-19-9-7-8-10-20(19)29-18/h7-13,18H,4-6,14-16H2,1-3H3,(H,24,27)/t18-/m1/s1. The minimum absolute atomic E-state index is 0.122. The Balaban J connectivity index is 1.51. The van der Waals surface area contributed by atoms with Crippen LogP contribution in [0.15, 0.2) is 42.6 Å².